The predicted molar refractivity (Wildman–Crippen MR) is 113 cm³/mol. The molecule has 2 aromatic carbocycles. The number of ether oxygens (including phenoxy) is 1. The highest BCUT2D eigenvalue weighted by Crippen LogP contribution is 2.42. The number of anilines is 1. The third-order valence-electron chi connectivity index (χ3n) is 5.02. The Balaban J connectivity index is 1.94. The Hall–Kier alpha value is -2.94. The van der Waals surface area contributed by atoms with Crippen molar-refractivity contribution in [2.24, 2.45) is 10.9 Å². The Labute approximate surface area is 171 Å². The molecule has 0 saturated carbocycles. The van der Waals surface area contributed by atoms with Crippen LogP contribution in [0, 0.1) is 6.92 Å². The van der Waals surface area contributed by atoms with Gasteiger partial charge in [-0.2, -0.15) is 13.5 Å². The fourth-order valence-electron chi connectivity index (χ4n) is 3.64. The SMILES string of the molecule is COc1c(OS(=O)(=O)c2ccccc2N)cc(C)cc1C1CCN(C=NN)CC1. The van der Waals surface area contributed by atoms with Gasteiger partial charge in [0, 0.05) is 18.7 Å². The number of methoxy groups -OCH3 is 1. The van der Waals surface area contributed by atoms with Crippen LogP contribution >= 0.6 is 0 Å². The number of para-hydroxylation sites is 1. The molecule has 9 heteroatoms. The van der Waals surface area contributed by atoms with Crippen molar-refractivity contribution in [2.45, 2.75) is 30.6 Å². The van der Waals surface area contributed by atoms with E-state index in [9.17, 15) is 8.42 Å². The van der Waals surface area contributed by atoms with Crippen molar-refractivity contribution in [3.05, 3.63) is 47.5 Å². The lowest BCUT2D eigenvalue weighted by Crippen LogP contribution is -2.32. The summed E-state index contributed by atoms with van der Waals surface area (Å²) >= 11 is 0. The van der Waals surface area contributed by atoms with E-state index in [2.05, 4.69) is 10.0 Å². The lowest BCUT2D eigenvalue weighted by atomic mass is 9.88. The van der Waals surface area contributed by atoms with Gasteiger partial charge in [0.1, 0.15) is 11.2 Å². The highest BCUT2D eigenvalue weighted by Gasteiger charge is 2.27. The third kappa shape index (κ3) is 4.56. The van der Waals surface area contributed by atoms with Crippen LogP contribution in [-0.4, -0.2) is 39.9 Å². The Morgan fingerprint density at radius 3 is 2.52 bits per heavy atom. The Morgan fingerprint density at radius 2 is 1.90 bits per heavy atom. The van der Waals surface area contributed by atoms with Gasteiger partial charge in [0.2, 0.25) is 0 Å². The number of likely N-dealkylation sites (tertiary alicyclic amines) is 1. The van der Waals surface area contributed by atoms with Crippen LogP contribution < -0.4 is 20.5 Å². The Bertz CT molecular complexity index is 1000. The minimum Gasteiger partial charge on any atom is -0.492 e. The monoisotopic (exact) mass is 418 g/mol. The number of rotatable bonds is 6. The molecule has 1 aliphatic heterocycles. The lowest BCUT2D eigenvalue weighted by molar-refractivity contribution is 0.311. The summed E-state index contributed by atoms with van der Waals surface area (Å²) in [5.41, 5.74) is 7.78. The first-order valence-electron chi connectivity index (χ1n) is 9.30. The van der Waals surface area contributed by atoms with Crippen LogP contribution in [0.1, 0.15) is 29.9 Å². The van der Waals surface area contributed by atoms with Crippen LogP contribution in [0.3, 0.4) is 0 Å². The van der Waals surface area contributed by atoms with Crippen molar-refractivity contribution in [1.29, 1.82) is 0 Å². The molecular formula is C20H26N4O4S. The molecule has 1 aliphatic rings. The van der Waals surface area contributed by atoms with E-state index in [-0.39, 0.29) is 22.3 Å². The maximum atomic E-state index is 12.8. The van der Waals surface area contributed by atoms with E-state index in [0.29, 0.717) is 5.75 Å². The number of nitrogens with two attached hydrogens (primary N) is 2. The van der Waals surface area contributed by atoms with Crippen LogP contribution in [0.2, 0.25) is 0 Å². The van der Waals surface area contributed by atoms with Crippen LogP contribution in [-0.2, 0) is 10.1 Å². The second-order valence-electron chi connectivity index (χ2n) is 7.04. The van der Waals surface area contributed by atoms with E-state index in [1.54, 1.807) is 24.5 Å². The van der Waals surface area contributed by atoms with E-state index >= 15 is 0 Å². The summed E-state index contributed by atoms with van der Waals surface area (Å²) < 4.78 is 36.7. The van der Waals surface area contributed by atoms with Gasteiger partial charge in [-0.25, -0.2) is 0 Å². The molecule has 0 amide bonds. The van der Waals surface area contributed by atoms with Gasteiger partial charge in [0.05, 0.1) is 12.8 Å². The molecule has 156 valence electrons. The molecule has 4 N–H and O–H groups in total. The summed E-state index contributed by atoms with van der Waals surface area (Å²) in [6, 6.07) is 9.89. The van der Waals surface area contributed by atoms with Gasteiger partial charge in [-0.05, 0) is 49.4 Å². The van der Waals surface area contributed by atoms with Crippen molar-refractivity contribution in [2.75, 3.05) is 25.9 Å². The number of nitrogens with zero attached hydrogens (tertiary/aromatic N) is 2. The molecule has 0 spiro atoms. The molecule has 3 rings (SSSR count). The van der Waals surface area contributed by atoms with Crippen molar-refractivity contribution in [3.8, 4) is 11.5 Å². The topological polar surface area (TPSA) is 120 Å². The van der Waals surface area contributed by atoms with E-state index < -0.39 is 10.1 Å². The lowest BCUT2D eigenvalue weighted by Gasteiger charge is -2.31. The fourth-order valence-corrected chi connectivity index (χ4v) is 4.69. The average molecular weight is 419 g/mol. The van der Waals surface area contributed by atoms with Crippen LogP contribution in [0.25, 0.3) is 0 Å². The van der Waals surface area contributed by atoms with Gasteiger partial charge < -0.3 is 25.4 Å². The summed E-state index contributed by atoms with van der Waals surface area (Å²) in [6.45, 7) is 3.50. The zero-order valence-corrected chi connectivity index (χ0v) is 17.4. The molecule has 0 radical (unpaired) electrons. The van der Waals surface area contributed by atoms with Gasteiger partial charge in [0.25, 0.3) is 0 Å². The molecule has 0 aromatic heterocycles. The van der Waals surface area contributed by atoms with Crippen molar-refractivity contribution < 1.29 is 17.3 Å². The number of aryl methyl sites for hydroxylation is 1. The van der Waals surface area contributed by atoms with Gasteiger partial charge in [0.15, 0.2) is 11.5 Å². The highest BCUT2D eigenvalue weighted by molar-refractivity contribution is 7.87. The van der Waals surface area contributed by atoms with Gasteiger partial charge in [-0.15, -0.1) is 0 Å². The standard InChI is InChI=1S/C20H26N4O4S/c1-14-11-16(15-7-9-24(10-8-15)13-23-22)20(27-2)18(12-14)28-29(25,26)19-6-4-3-5-17(19)21/h3-6,11-13,15H,7-10,21-22H2,1-2H3. The molecule has 0 bridgehead atoms. The Morgan fingerprint density at radius 1 is 1.21 bits per heavy atom. The highest BCUT2D eigenvalue weighted by atomic mass is 32.2. The largest absolute Gasteiger partial charge is 0.492 e. The van der Waals surface area contributed by atoms with Crippen LogP contribution in [0.15, 0.2) is 46.4 Å². The number of benzene rings is 2. The summed E-state index contributed by atoms with van der Waals surface area (Å²) in [5, 5.41) is 3.57. The molecule has 0 aliphatic carbocycles. The zero-order chi connectivity index (χ0) is 21.0. The first-order chi connectivity index (χ1) is 13.9. The summed E-state index contributed by atoms with van der Waals surface area (Å²) in [5.74, 6) is 6.03. The van der Waals surface area contributed by atoms with Crippen LogP contribution in [0.4, 0.5) is 5.69 Å². The van der Waals surface area contributed by atoms with Crippen molar-refractivity contribution in [3.63, 3.8) is 0 Å². The molecule has 1 fully saturated rings. The van der Waals surface area contributed by atoms with E-state index in [4.69, 9.17) is 20.5 Å². The molecule has 2 aromatic rings. The number of nitrogen functional groups attached to an aromatic ring is 1. The number of piperidine rings is 1. The molecule has 0 atom stereocenters. The average Bonchev–Trinajstić information content (AvgIpc) is 2.68. The minimum absolute atomic E-state index is 0.0699. The molecule has 1 saturated heterocycles. The van der Waals surface area contributed by atoms with Gasteiger partial charge >= 0.3 is 10.1 Å². The normalized spacial score (nSPS) is 15.6. The van der Waals surface area contributed by atoms with Crippen molar-refractivity contribution in [1.82, 2.24) is 4.90 Å². The maximum absolute atomic E-state index is 12.8. The van der Waals surface area contributed by atoms with E-state index in [1.165, 1.54) is 19.2 Å². The van der Waals surface area contributed by atoms with Gasteiger partial charge in [-0.3, -0.25) is 0 Å². The molecule has 8 nitrogen and oxygen atoms in total. The summed E-state index contributed by atoms with van der Waals surface area (Å²) in [6.07, 6.45) is 3.36. The van der Waals surface area contributed by atoms with E-state index in [0.717, 1.165) is 37.1 Å². The first kappa shape index (κ1) is 20.8. The predicted octanol–water partition coefficient (Wildman–Crippen LogP) is 2.43. The maximum Gasteiger partial charge on any atom is 0.341 e. The van der Waals surface area contributed by atoms with E-state index in [1.807, 2.05) is 13.0 Å². The number of hydrazone groups is 1. The second-order valence-corrected chi connectivity index (χ2v) is 8.55. The fraction of sp³-hybridized carbons (Fsp3) is 0.350. The summed E-state index contributed by atoms with van der Waals surface area (Å²) in [7, 11) is -2.59. The third-order valence-corrected chi connectivity index (χ3v) is 6.33. The van der Waals surface area contributed by atoms with Gasteiger partial charge in [-0.1, -0.05) is 18.2 Å². The number of hydrogen-bond donors (Lipinski definition) is 2. The molecule has 29 heavy (non-hydrogen) atoms. The smallest absolute Gasteiger partial charge is 0.341 e. The quantitative estimate of drug-likeness (QED) is 0.185. The van der Waals surface area contributed by atoms with Crippen LogP contribution in [0.5, 0.6) is 11.5 Å². The minimum atomic E-state index is -4.10. The first-order valence-corrected chi connectivity index (χ1v) is 10.7. The second kappa shape index (κ2) is 8.60. The molecular weight excluding hydrogens is 392 g/mol. The zero-order valence-electron chi connectivity index (χ0n) is 16.5. The van der Waals surface area contributed by atoms with Crippen molar-refractivity contribution >= 4 is 22.1 Å². The number of hydrogen-bond acceptors (Lipinski definition) is 7. The summed E-state index contributed by atoms with van der Waals surface area (Å²) in [4.78, 5) is 1.98. The molecule has 0 unspecified atom stereocenters. The molecule has 1 heterocycles. The Kier molecular flexibility index (Phi) is 6.17.